The van der Waals surface area contributed by atoms with Gasteiger partial charge in [0.25, 0.3) is 11.8 Å². The molecule has 1 aromatic carbocycles. The van der Waals surface area contributed by atoms with Crippen LogP contribution in [0, 0.1) is 6.92 Å². The van der Waals surface area contributed by atoms with E-state index in [1.807, 2.05) is 57.3 Å². The number of carbonyl (C=O) groups is 1. The summed E-state index contributed by atoms with van der Waals surface area (Å²) in [6.45, 7) is 9.37. The van der Waals surface area contributed by atoms with Crippen molar-refractivity contribution in [1.82, 2.24) is 25.3 Å². The number of nitrogens with zero attached hydrogens (tertiary/aromatic N) is 5. The maximum atomic E-state index is 12.8. The zero-order valence-electron chi connectivity index (χ0n) is 20.1. The summed E-state index contributed by atoms with van der Waals surface area (Å²) < 4.78 is 7.19. The highest BCUT2D eigenvalue weighted by Crippen LogP contribution is 2.29. The van der Waals surface area contributed by atoms with E-state index in [1.54, 1.807) is 11.8 Å². The Balaban J connectivity index is 1.45. The van der Waals surface area contributed by atoms with Crippen molar-refractivity contribution in [2.24, 2.45) is 7.05 Å². The van der Waals surface area contributed by atoms with Crippen molar-refractivity contribution >= 4 is 28.8 Å². The largest absolute Gasteiger partial charge is 0.478 e. The number of carbonyl (C=O) groups excluding carboxylic acids is 1. The van der Waals surface area contributed by atoms with Crippen molar-refractivity contribution in [3.8, 4) is 5.88 Å². The van der Waals surface area contributed by atoms with Gasteiger partial charge < -0.3 is 20.3 Å². The number of allylic oxidation sites excluding steroid dienone is 1. The van der Waals surface area contributed by atoms with Gasteiger partial charge >= 0.3 is 0 Å². The molecule has 0 radical (unpaired) electrons. The van der Waals surface area contributed by atoms with Crippen LogP contribution in [0.25, 0.3) is 5.57 Å². The zero-order valence-corrected chi connectivity index (χ0v) is 20.1. The number of nitrogens with one attached hydrogen (secondary N) is 2. The molecule has 3 heterocycles. The molecule has 178 valence electrons. The summed E-state index contributed by atoms with van der Waals surface area (Å²) in [4.78, 5) is 14.9. The third kappa shape index (κ3) is 5.19. The van der Waals surface area contributed by atoms with Crippen molar-refractivity contribution in [3.63, 3.8) is 0 Å². The van der Waals surface area contributed by atoms with Crippen LogP contribution in [0.3, 0.4) is 0 Å². The van der Waals surface area contributed by atoms with Gasteiger partial charge in [-0.15, -0.1) is 10.2 Å². The lowest BCUT2D eigenvalue weighted by Crippen LogP contribution is -2.48. The summed E-state index contributed by atoms with van der Waals surface area (Å²) in [5.41, 5.74) is 4.37. The maximum Gasteiger partial charge on any atom is 0.257 e. The van der Waals surface area contributed by atoms with Crippen LogP contribution < -0.4 is 20.3 Å². The van der Waals surface area contributed by atoms with E-state index in [9.17, 15) is 4.79 Å². The highest BCUT2D eigenvalue weighted by atomic mass is 16.5. The number of aryl methyl sites for hydroxylation is 2. The van der Waals surface area contributed by atoms with Crippen LogP contribution in [0.5, 0.6) is 5.88 Å². The number of piperidine rings is 1. The number of methoxy groups -OCH3 is 1. The maximum absolute atomic E-state index is 12.8. The number of aromatic nitrogens is 4. The van der Waals surface area contributed by atoms with Crippen molar-refractivity contribution in [1.29, 1.82) is 0 Å². The highest BCUT2D eigenvalue weighted by Gasteiger charge is 2.24. The minimum Gasteiger partial charge on any atom is -0.478 e. The van der Waals surface area contributed by atoms with E-state index < -0.39 is 0 Å². The molecule has 1 aliphatic rings. The first kappa shape index (κ1) is 23.3. The molecule has 4 rings (SSSR count). The molecular weight excluding hydrogens is 430 g/mol. The molecule has 0 bridgehead atoms. The molecule has 2 aromatic heterocycles. The molecule has 1 aliphatic heterocycles. The fourth-order valence-corrected chi connectivity index (χ4v) is 4.00. The molecule has 9 heteroatoms. The van der Waals surface area contributed by atoms with Gasteiger partial charge in [-0.05, 0) is 44.4 Å². The summed E-state index contributed by atoms with van der Waals surface area (Å²) in [5, 5.41) is 19.5. The Kier molecular flexibility index (Phi) is 6.81. The van der Waals surface area contributed by atoms with Crippen LogP contribution in [0.1, 0.15) is 41.4 Å². The lowest BCUT2D eigenvalue weighted by atomic mass is 10.0. The predicted octanol–water partition coefficient (Wildman–Crippen LogP) is 3.70. The van der Waals surface area contributed by atoms with Gasteiger partial charge in [0.15, 0.2) is 11.6 Å². The standard InChI is InChI=1S/C25H31N7O2/c1-16(2)18-8-10-19(11-9-18)24(33)26-20-7-6-12-32(15-20)23-14-21(25(34-5)29-28-23)27-22-13-17(3)31(4)30-22/h8-11,13-14,20H,1,6-7,12,15H2,2-5H3,(H,26,33)(H,27,28,30). The lowest BCUT2D eigenvalue weighted by Gasteiger charge is -2.34. The molecule has 3 aromatic rings. The first-order valence-electron chi connectivity index (χ1n) is 11.3. The summed E-state index contributed by atoms with van der Waals surface area (Å²) in [6.07, 6.45) is 1.85. The summed E-state index contributed by atoms with van der Waals surface area (Å²) in [7, 11) is 3.46. The average Bonchev–Trinajstić information content (AvgIpc) is 3.15. The van der Waals surface area contributed by atoms with E-state index in [0.29, 0.717) is 29.5 Å². The predicted molar refractivity (Wildman–Crippen MR) is 134 cm³/mol. The molecule has 1 amide bonds. The van der Waals surface area contributed by atoms with Gasteiger partial charge in [-0.3, -0.25) is 9.48 Å². The fourth-order valence-electron chi connectivity index (χ4n) is 4.00. The number of benzene rings is 1. The first-order valence-corrected chi connectivity index (χ1v) is 11.3. The second kappa shape index (κ2) is 9.94. The van der Waals surface area contributed by atoms with Gasteiger partial charge in [0, 0.05) is 49.6 Å². The molecule has 1 saturated heterocycles. The Morgan fingerprint density at radius 1 is 1.18 bits per heavy atom. The summed E-state index contributed by atoms with van der Waals surface area (Å²) >= 11 is 0. The van der Waals surface area contributed by atoms with Gasteiger partial charge in [0.1, 0.15) is 5.69 Å². The molecule has 0 aliphatic carbocycles. The molecule has 1 unspecified atom stereocenters. The summed E-state index contributed by atoms with van der Waals surface area (Å²) in [5.74, 6) is 1.75. The average molecular weight is 462 g/mol. The number of hydrogen-bond acceptors (Lipinski definition) is 7. The van der Waals surface area contributed by atoms with Gasteiger partial charge in [-0.25, -0.2) is 0 Å². The molecule has 2 N–H and O–H groups in total. The van der Waals surface area contributed by atoms with Crippen molar-refractivity contribution in [2.45, 2.75) is 32.7 Å². The van der Waals surface area contributed by atoms with Gasteiger partial charge in [0.05, 0.1) is 7.11 Å². The fraction of sp³-hybridized carbons (Fsp3) is 0.360. The van der Waals surface area contributed by atoms with Gasteiger partial charge in [0.2, 0.25) is 0 Å². The smallest absolute Gasteiger partial charge is 0.257 e. The number of hydrogen-bond donors (Lipinski definition) is 2. The highest BCUT2D eigenvalue weighted by molar-refractivity contribution is 5.94. The quantitative estimate of drug-likeness (QED) is 0.554. The number of rotatable bonds is 7. The van der Waals surface area contributed by atoms with Crippen LogP contribution in [-0.2, 0) is 7.05 Å². The Morgan fingerprint density at radius 2 is 1.91 bits per heavy atom. The second-order valence-corrected chi connectivity index (χ2v) is 8.66. The summed E-state index contributed by atoms with van der Waals surface area (Å²) in [6, 6.07) is 11.4. The Morgan fingerprint density at radius 3 is 2.56 bits per heavy atom. The Bertz CT molecular complexity index is 1170. The van der Waals surface area contributed by atoms with Gasteiger partial charge in [-0.1, -0.05) is 24.3 Å². The Hall–Kier alpha value is -3.88. The molecular formula is C25H31N7O2. The van der Waals surface area contributed by atoms with E-state index in [-0.39, 0.29) is 11.9 Å². The van der Waals surface area contributed by atoms with E-state index >= 15 is 0 Å². The number of ether oxygens (including phenoxy) is 1. The normalized spacial score (nSPS) is 15.6. The zero-order chi connectivity index (χ0) is 24.2. The number of anilines is 3. The molecule has 0 spiro atoms. The second-order valence-electron chi connectivity index (χ2n) is 8.66. The van der Waals surface area contributed by atoms with E-state index in [2.05, 4.69) is 37.4 Å². The topological polar surface area (TPSA) is 97.2 Å². The van der Waals surface area contributed by atoms with Crippen molar-refractivity contribution < 1.29 is 9.53 Å². The van der Waals surface area contributed by atoms with E-state index in [1.165, 1.54) is 0 Å². The van der Waals surface area contributed by atoms with Crippen molar-refractivity contribution in [3.05, 3.63) is 59.8 Å². The van der Waals surface area contributed by atoms with Crippen LogP contribution >= 0.6 is 0 Å². The third-order valence-corrected chi connectivity index (χ3v) is 6.04. The molecule has 34 heavy (non-hydrogen) atoms. The lowest BCUT2D eigenvalue weighted by molar-refractivity contribution is 0.0933. The SMILES string of the molecule is C=C(C)c1ccc(C(=O)NC2CCCN(c3cc(Nc4cc(C)n(C)n4)c(OC)nn3)C2)cc1. The minimum atomic E-state index is -0.0752. The molecule has 1 fully saturated rings. The van der Waals surface area contributed by atoms with Crippen LogP contribution in [0.2, 0.25) is 0 Å². The first-order chi connectivity index (χ1) is 16.3. The van der Waals surface area contributed by atoms with Crippen LogP contribution in [-0.4, -0.2) is 52.1 Å². The third-order valence-electron chi connectivity index (χ3n) is 6.04. The molecule has 9 nitrogen and oxygen atoms in total. The van der Waals surface area contributed by atoms with E-state index in [0.717, 1.165) is 42.0 Å². The van der Waals surface area contributed by atoms with E-state index in [4.69, 9.17) is 4.74 Å². The van der Waals surface area contributed by atoms with Crippen LogP contribution in [0.4, 0.5) is 17.3 Å². The van der Waals surface area contributed by atoms with Crippen molar-refractivity contribution in [2.75, 3.05) is 30.4 Å². The Labute approximate surface area is 199 Å². The molecule has 0 saturated carbocycles. The monoisotopic (exact) mass is 461 g/mol. The molecule has 1 atom stereocenters. The number of amides is 1. The minimum absolute atomic E-state index is 0.0146. The van der Waals surface area contributed by atoms with Gasteiger partial charge in [-0.2, -0.15) is 5.10 Å². The van der Waals surface area contributed by atoms with Crippen LogP contribution in [0.15, 0.2) is 43.0 Å².